The number of amides is 2. The number of halogens is 4. The lowest BCUT2D eigenvalue weighted by molar-refractivity contribution is -0.138. The van der Waals surface area contributed by atoms with Crippen molar-refractivity contribution in [3.05, 3.63) is 88.7 Å². The van der Waals surface area contributed by atoms with Crippen molar-refractivity contribution < 1.29 is 41.4 Å². The van der Waals surface area contributed by atoms with Gasteiger partial charge >= 0.3 is 18.0 Å². The SMILES string of the molecule is COC1=Cc2c(Oc3ccc(NC(=O)C(=O)NCCc4ccccc4C(F)(F)F)cc3F)ccnc2CC1OCC1CCNCC1. The molecule has 1 fully saturated rings. The van der Waals surface area contributed by atoms with Gasteiger partial charge < -0.3 is 30.2 Å². The quantitative estimate of drug-likeness (QED) is 0.205. The number of benzene rings is 2. The van der Waals surface area contributed by atoms with E-state index in [0.29, 0.717) is 41.7 Å². The van der Waals surface area contributed by atoms with Gasteiger partial charge in [0.15, 0.2) is 11.6 Å². The molecule has 3 aromatic rings. The Morgan fingerprint density at radius 1 is 1.04 bits per heavy atom. The van der Waals surface area contributed by atoms with Crippen LogP contribution in [0.5, 0.6) is 11.5 Å². The molecule has 2 amide bonds. The van der Waals surface area contributed by atoms with Gasteiger partial charge in [0.25, 0.3) is 0 Å². The van der Waals surface area contributed by atoms with Crippen molar-refractivity contribution in [1.82, 2.24) is 15.6 Å². The average Bonchev–Trinajstić information content (AvgIpc) is 3.04. The molecule has 0 bridgehead atoms. The number of carbonyl (C=O) groups is 2. The molecule has 0 spiro atoms. The summed E-state index contributed by atoms with van der Waals surface area (Å²) in [6, 6.07) is 10.2. The Morgan fingerprint density at radius 2 is 1.83 bits per heavy atom. The molecule has 5 rings (SSSR count). The standard InChI is InChI=1S/C33H34F4N4O5/c1-44-29-17-23-26(18-30(29)45-19-20-8-12-38-13-9-20)39-15-11-27(23)46-28-7-6-22(16-25(28)34)41-32(43)31(42)40-14-10-21-4-2-3-5-24(21)33(35,36)37/h2-7,11,15-17,20,30,38H,8-10,12-14,18-19H2,1H3,(H,40,42)(H,41,43). The summed E-state index contributed by atoms with van der Waals surface area (Å²) in [5, 5.41) is 7.91. The zero-order valence-electron chi connectivity index (χ0n) is 25.1. The normalized spacial score (nSPS) is 16.6. The fourth-order valence-corrected chi connectivity index (χ4v) is 5.42. The first-order chi connectivity index (χ1) is 22.1. The number of pyridine rings is 1. The van der Waals surface area contributed by atoms with Gasteiger partial charge in [-0.2, -0.15) is 13.2 Å². The van der Waals surface area contributed by atoms with E-state index >= 15 is 4.39 Å². The number of nitrogens with one attached hydrogen (secondary N) is 3. The van der Waals surface area contributed by atoms with Gasteiger partial charge in [-0.3, -0.25) is 14.6 Å². The van der Waals surface area contributed by atoms with Crippen LogP contribution in [-0.4, -0.2) is 56.3 Å². The second-order valence-corrected chi connectivity index (χ2v) is 11.0. The zero-order valence-corrected chi connectivity index (χ0v) is 25.1. The molecule has 244 valence electrons. The smallest absolute Gasteiger partial charge is 0.416 e. The number of anilines is 1. The van der Waals surface area contributed by atoms with Crippen LogP contribution in [0.1, 0.15) is 35.2 Å². The lowest BCUT2D eigenvalue weighted by atomic mass is 9.97. The fourth-order valence-electron chi connectivity index (χ4n) is 5.42. The molecule has 1 saturated heterocycles. The van der Waals surface area contributed by atoms with Gasteiger partial charge in [-0.15, -0.1) is 0 Å². The molecule has 1 aliphatic carbocycles. The summed E-state index contributed by atoms with van der Waals surface area (Å²) < 4.78 is 72.3. The van der Waals surface area contributed by atoms with Crippen LogP contribution in [0.3, 0.4) is 0 Å². The monoisotopic (exact) mass is 642 g/mol. The third-order valence-electron chi connectivity index (χ3n) is 7.86. The average molecular weight is 643 g/mol. The van der Waals surface area contributed by atoms with Crippen LogP contribution in [0.2, 0.25) is 0 Å². The minimum atomic E-state index is -4.54. The Balaban J connectivity index is 1.18. The van der Waals surface area contributed by atoms with Crippen LogP contribution in [0.25, 0.3) is 6.08 Å². The maximum atomic E-state index is 15.1. The summed E-state index contributed by atoms with van der Waals surface area (Å²) >= 11 is 0. The lowest BCUT2D eigenvalue weighted by Crippen LogP contribution is -2.36. The van der Waals surface area contributed by atoms with Gasteiger partial charge in [0.2, 0.25) is 0 Å². The summed E-state index contributed by atoms with van der Waals surface area (Å²) in [4.78, 5) is 29.1. The number of carbonyl (C=O) groups excluding carboxylic acids is 2. The summed E-state index contributed by atoms with van der Waals surface area (Å²) in [5.74, 6) is -1.68. The van der Waals surface area contributed by atoms with Crippen molar-refractivity contribution >= 4 is 23.6 Å². The molecular weight excluding hydrogens is 608 g/mol. The van der Waals surface area contributed by atoms with Crippen molar-refractivity contribution in [2.75, 3.05) is 38.7 Å². The number of piperidine rings is 1. The summed E-state index contributed by atoms with van der Waals surface area (Å²) in [7, 11) is 1.56. The Morgan fingerprint density at radius 3 is 2.57 bits per heavy atom. The van der Waals surface area contributed by atoms with Crippen molar-refractivity contribution in [2.45, 2.75) is 38.0 Å². The van der Waals surface area contributed by atoms with E-state index in [1.54, 1.807) is 25.4 Å². The molecule has 1 atom stereocenters. The van der Waals surface area contributed by atoms with Gasteiger partial charge in [-0.1, -0.05) is 18.2 Å². The number of nitrogens with zero attached hydrogens (tertiary/aromatic N) is 1. The molecule has 2 aromatic carbocycles. The van der Waals surface area contributed by atoms with Gasteiger partial charge in [0.1, 0.15) is 17.6 Å². The predicted molar refractivity (Wildman–Crippen MR) is 162 cm³/mol. The third-order valence-corrected chi connectivity index (χ3v) is 7.86. The third kappa shape index (κ3) is 8.20. The highest BCUT2D eigenvalue weighted by Crippen LogP contribution is 2.36. The second kappa shape index (κ2) is 14.7. The fraction of sp³-hybridized carbons (Fsp3) is 0.364. The molecule has 2 aliphatic rings. The minimum Gasteiger partial charge on any atom is -0.498 e. The van der Waals surface area contributed by atoms with E-state index < -0.39 is 29.4 Å². The zero-order chi connectivity index (χ0) is 32.7. The summed E-state index contributed by atoms with van der Waals surface area (Å²) in [6.07, 6.45) is 0.929. The van der Waals surface area contributed by atoms with Crippen molar-refractivity contribution in [2.24, 2.45) is 5.92 Å². The van der Waals surface area contributed by atoms with Crippen LogP contribution in [0.15, 0.2) is 60.5 Å². The number of fused-ring (bicyclic) bond motifs is 1. The first kappa shape index (κ1) is 32.9. The highest BCUT2D eigenvalue weighted by atomic mass is 19.4. The molecule has 1 unspecified atom stereocenters. The van der Waals surface area contributed by atoms with Gasteiger partial charge in [0, 0.05) is 36.5 Å². The largest absolute Gasteiger partial charge is 0.498 e. The van der Waals surface area contributed by atoms with E-state index in [0.717, 1.165) is 38.1 Å². The Hall–Kier alpha value is -4.49. The van der Waals surface area contributed by atoms with E-state index in [9.17, 15) is 22.8 Å². The number of aromatic nitrogens is 1. The van der Waals surface area contributed by atoms with Crippen LogP contribution >= 0.6 is 0 Å². The molecule has 46 heavy (non-hydrogen) atoms. The minimum absolute atomic E-state index is 0.0144. The van der Waals surface area contributed by atoms with E-state index in [-0.39, 0.29) is 36.1 Å². The van der Waals surface area contributed by atoms with Crippen LogP contribution < -0.4 is 20.7 Å². The molecular formula is C33H34F4N4O5. The molecule has 2 heterocycles. The Bertz CT molecular complexity index is 1590. The summed E-state index contributed by atoms with van der Waals surface area (Å²) in [5.41, 5.74) is 0.506. The molecule has 9 nitrogen and oxygen atoms in total. The van der Waals surface area contributed by atoms with E-state index in [4.69, 9.17) is 14.2 Å². The lowest BCUT2D eigenvalue weighted by Gasteiger charge is -2.28. The Kier molecular flexibility index (Phi) is 10.5. The molecule has 0 saturated carbocycles. The molecule has 0 radical (unpaired) electrons. The van der Waals surface area contributed by atoms with Gasteiger partial charge in [-0.25, -0.2) is 4.39 Å². The van der Waals surface area contributed by atoms with Crippen molar-refractivity contribution in [3.63, 3.8) is 0 Å². The first-order valence-electron chi connectivity index (χ1n) is 14.9. The maximum absolute atomic E-state index is 15.1. The number of hydrogen-bond acceptors (Lipinski definition) is 7. The predicted octanol–water partition coefficient (Wildman–Crippen LogP) is 5.26. The van der Waals surface area contributed by atoms with E-state index in [1.165, 1.54) is 30.3 Å². The topological polar surface area (TPSA) is 111 Å². The van der Waals surface area contributed by atoms with Crippen molar-refractivity contribution in [1.29, 1.82) is 0 Å². The van der Waals surface area contributed by atoms with Gasteiger partial charge in [-0.05, 0) is 74.2 Å². The van der Waals surface area contributed by atoms with Gasteiger partial charge in [0.05, 0.1) is 25.0 Å². The van der Waals surface area contributed by atoms with Crippen LogP contribution in [0, 0.1) is 11.7 Å². The highest BCUT2D eigenvalue weighted by Gasteiger charge is 2.33. The first-order valence-corrected chi connectivity index (χ1v) is 14.9. The number of methoxy groups -OCH3 is 1. The van der Waals surface area contributed by atoms with Crippen LogP contribution in [-0.2, 0) is 38.1 Å². The highest BCUT2D eigenvalue weighted by molar-refractivity contribution is 6.39. The number of alkyl halides is 3. The molecule has 3 N–H and O–H groups in total. The molecule has 1 aromatic heterocycles. The van der Waals surface area contributed by atoms with E-state index in [2.05, 4.69) is 20.9 Å². The van der Waals surface area contributed by atoms with Crippen molar-refractivity contribution in [3.8, 4) is 11.5 Å². The number of ether oxygens (including phenoxy) is 3. The van der Waals surface area contributed by atoms with Crippen LogP contribution in [0.4, 0.5) is 23.2 Å². The number of hydrogen-bond donors (Lipinski definition) is 3. The summed E-state index contributed by atoms with van der Waals surface area (Å²) in [6.45, 7) is 2.36. The maximum Gasteiger partial charge on any atom is 0.416 e. The second-order valence-electron chi connectivity index (χ2n) is 11.0. The Labute approximate surface area is 263 Å². The van der Waals surface area contributed by atoms with E-state index in [1.807, 2.05) is 0 Å². The molecule has 1 aliphatic heterocycles. The molecule has 13 heteroatoms. The number of rotatable bonds is 10.